The largest absolute Gasteiger partial charge is 0.325 e. The minimum Gasteiger partial charge on any atom is -0.325 e. The van der Waals surface area contributed by atoms with Crippen LogP contribution in [0.3, 0.4) is 0 Å². The van der Waals surface area contributed by atoms with Crippen molar-refractivity contribution in [3.63, 3.8) is 0 Å². The number of nitrogens with two attached hydrogens (primary N) is 1. The lowest BCUT2D eigenvalue weighted by Crippen LogP contribution is -2.13. The molecule has 6 nitrogen and oxygen atoms in total. The number of hydrogen-bond donors (Lipinski definition) is 2. The average Bonchev–Trinajstić information content (AvgIpc) is 3.08. The van der Waals surface area contributed by atoms with Crippen molar-refractivity contribution >= 4 is 10.8 Å². The Balaban J connectivity index is 1.75. The predicted octanol–water partition coefficient (Wildman–Crippen LogP) is 2.57. The maximum Gasteiger partial charge on any atom is 0.272 e. The van der Waals surface area contributed by atoms with Gasteiger partial charge >= 0.3 is 0 Å². The van der Waals surface area contributed by atoms with Gasteiger partial charge in [0.2, 0.25) is 0 Å². The monoisotopic (exact) mass is 359 g/mol. The van der Waals surface area contributed by atoms with Gasteiger partial charge < -0.3 is 5.73 Å². The highest BCUT2D eigenvalue weighted by Gasteiger charge is 2.13. The molecule has 4 rings (SSSR count). The van der Waals surface area contributed by atoms with Crippen LogP contribution < -0.4 is 11.3 Å². The fraction of sp³-hybridized carbons (Fsp3) is 0.190. The third kappa shape index (κ3) is 3.27. The highest BCUT2D eigenvalue weighted by molar-refractivity contribution is 5.88. The third-order valence-corrected chi connectivity index (χ3v) is 4.93. The van der Waals surface area contributed by atoms with E-state index in [2.05, 4.69) is 39.6 Å². The molecule has 27 heavy (non-hydrogen) atoms. The second kappa shape index (κ2) is 7.17. The summed E-state index contributed by atoms with van der Waals surface area (Å²) in [5.74, 6) is 0. The molecular weight excluding hydrogens is 338 g/mol. The average molecular weight is 359 g/mol. The summed E-state index contributed by atoms with van der Waals surface area (Å²) in [7, 11) is 1.96. The Morgan fingerprint density at radius 1 is 1.07 bits per heavy atom. The van der Waals surface area contributed by atoms with Crippen molar-refractivity contribution in [1.29, 1.82) is 0 Å². The number of aryl methyl sites for hydroxylation is 2. The van der Waals surface area contributed by atoms with Crippen molar-refractivity contribution in [1.82, 2.24) is 20.0 Å². The Labute approximate surface area is 156 Å². The van der Waals surface area contributed by atoms with E-state index in [0.717, 1.165) is 35.0 Å². The molecule has 0 aliphatic rings. The van der Waals surface area contributed by atoms with Crippen LogP contribution >= 0.6 is 0 Å². The van der Waals surface area contributed by atoms with Crippen molar-refractivity contribution in [3.05, 3.63) is 82.0 Å². The summed E-state index contributed by atoms with van der Waals surface area (Å²) >= 11 is 0. The summed E-state index contributed by atoms with van der Waals surface area (Å²) in [4.78, 5) is 12.0. The summed E-state index contributed by atoms with van der Waals surface area (Å²) in [5, 5.41) is 12.4. The zero-order valence-corrected chi connectivity index (χ0v) is 15.1. The topological polar surface area (TPSA) is 89.6 Å². The van der Waals surface area contributed by atoms with E-state index in [1.165, 1.54) is 5.56 Å². The van der Waals surface area contributed by atoms with Gasteiger partial charge in [-0.25, -0.2) is 5.10 Å². The summed E-state index contributed by atoms with van der Waals surface area (Å²) in [6.45, 7) is 0.268. The molecule has 2 aromatic heterocycles. The number of aromatic nitrogens is 4. The number of aromatic amines is 1. The molecule has 0 radical (unpaired) electrons. The van der Waals surface area contributed by atoms with Crippen LogP contribution in [0.1, 0.15) is 17.0 Å². The molecule has 3 N–H and O–H groups in total. The summed E-state index contributed by atoms with van der Waals surface area (Å²) in [6.07, 6.45) is 3.70. The molecule has 0 saturated carbocycles. The Morgan fingerprint density at radius 3 is 2.67 bits per heavy atom. The maximum absolute atomic E-state index is 12.0. The molecule has 0 aliphatic carbocycles. The lowest BCUT2D eigenvalue weighted by Gasteiger charge is -2.09. The standard InChI is InChI=1S/C21H21N5O/c1-26-20(10-7-14-5-3-2-4-6-14)18(13-23-26)15-8-9-16-17(11-15)19(12-22)24-25-21(16)27/h2-6,8-9,11,13H,7,10,12,22H2,1H3,(H,25,27). The van der Waals surface area contributed by atoms with Gasteiger partial charge in [0.25, 0.3) is 5.56 Å². The fourth-order valence-electron chi connectivity index (χ4n) is 3.45. The van der Waals surface area contributed by atoms with Crippen molar-refractivity contribution < 1.29 is 0 Å². The van der Waals surface area contributed by atoms with Crippen LogP contribution in [-0.4, -0.2) is 20.0 Å². The first-order valence-electron chi connectivity index (χ1n) is 8.94. The number of H-pyrrole nitrogens is 1. The number of fused-ring (bicyclic) bond motifs is 1. The molecule has 4 aromatic rings. The van der Waals surface area contributed by atoms with Gasteiger partial charge in [0.05, 0.1) is 17.3 Å². The number of nitrogens with zero attached hydrogens (tertiary/aromatic N) is 3. The lowest BCUT2D eigenvalue weighted by atomic mass is 9.99. The minimum atomic E-state index is -0.204. The highest BCUT2D eigenvalue weighted by atomic mass is 16.1. The van der Waals surface area contributed by atoms with Gasteiger partial charge in [-0.3, -0.25) is 9.48 Å². The van der Waals surface area contributed by atoms with Gasteiger partial charge in [-0.1, -0.05) is 36.4 Å². The van der Waals surface area contributed by atoms with Crippen molar-refractivity contribution in [2.24, 2.45) is 12.8 Å². The lowest BCUT2D eigenvalue weighted by molar-refractivity contribution is 0.704. The molecule has 0 atom stereocenters. The molecule has 2 aromatic carbocycles. The van der Waals surface area contributed by atoms with E-state index in [-0.39, 0.29) is 12.1 Å². The van der Waals surface area contributed by atoms with Crippen LogP contribution in [-0.2, 0) is 26.4 Å². The summed E-state index contributed by atoms with van der Waals surface area (Å²) < 4.78 is 1.92. The molecule has 2 heterocycles. The molecule has 0 aliphatic heterocycles. The Bertz CT molecular complexity index is 1140. The van der Waals surface area contributed by atoms with E-state index < -0.39 is 0 Å². The maximum atomic E-state index is 12.0. The minimum absolute atomic E-state index is 0.204. The van der Waals surface area contributed by atoms with Crippen molar-refractivity contribution in [2.45, 2.75) is 19.4 Å². The second-order valence-corrected chi connectivity index (χ2v) is 6.58. The summed E-state index contributed by atoms with van der Waals surface area (Å²) in [5.41, 5.74) is 10.8. The van der Waals surface area contributed by atoms with Gasteiger partial charge in [0.1, 0.15) is 0 Å². The quantitative estimate of drug-likeness (QED) is 0.573. The number of hydrogen-bond acceptors (Lipinski definition) is 4. The molecule has 0 unspecified atom stereocenters. The van der Waals surface area contributed by atoms with Crippen molar-refractivity contribution in [2.75, 3.05) is 0 Å². The van der Waals surface area contributed by atoms with E-state index in [9.17, 15) is 4.79 Å². The Morgan fingerprint density at radius 2 is 1.89 bits per heavy atom. The molecule has 0 saturated heterocycles. The molecule has 0 amide bonds. The zero-order chi connectivity index (χ0) is 18.8. The van der Waals surface area contributed by atoms with E-state index in [0.29, 0.717) is 11.1 Å². The van der Waals surface area contributed by atoms with Gasteiger partial charge in [0, 0.05) is 30.2 Å². The molecule has 0 spiro atoms. The summed E-state index contributed by atoms with van der Waals surface area (Å²) in [6, 6.07) is 16.2. The van der Waals surface area contributed by atoms with Gasteiger partial charge in [-0.15, -0.1) is 0 Å². The van der Waals surface area contributed by atoms with Crippen LogP contribution in [0.4, 0.5) is 0 Å². The smallest absolute Gasteiger partial charge is 0.272 e. The Kier molecular flexibility index (Phi) is 4.56. The molecule has 136 valence electrons. The van der Waals surface area contributed by atoms with Crippen LogP contribution in [0.15, 0.2) is 59.5 Å². The van der Waals surface area contributed by atoms with Crippen LogP contribution in [0, 0.1) is 0 Å². The van der Waals surface area contributed by atoms with E-state index >= 15 is 0 Å². The molecular formula is C21H21N5O. The van der Waals surface area contributed by atoms with Crippen molar-refractivity contribution in [3.8, 4) is 11.1 Å². The van der Waals surface area contributed by atoms with Crippen LogP contribution in [0.2, 0.25) is 0 Å². The molecule has 0 bridgehead atoms. The highest BCUT2D eigenvalue weighted by Crippen LogP contribution is 2.27. The van der Waals surface area contributed by atoms with Crippen LogP contribution in [0.5, 0.6) is 0 Å². The van der Waals surface area contributed by atoms with Gasteiger partial charge in [-0.2, -0.15) is 10.2 Å². The normalized spacial score (nSPS) is 11.2. The van der Waals surface area contributed by atoms with E-state index in [1.807, 2.05) is 42.2 Å². The van der Waals surface area contributed by atoms with Gasteiger partial charge in [0.15, 0.2) is 0 Å². The molecule has 0 fully saturated rings. The molecule has 6 heteroatoms. The fourth-order valence-corrected chi connectivity index (χ4v) is 3.45. The first-order valence-corrected chi connectivity index (χ1v) is 8.94. The van der Waals surface area contributed by atoms with Gasteiger partial charge in [-0.05, 0) is 36.1 Å². The third-order valence-electron chi connectivity index (χ3n) is 4.93. The van der Waals surface area contributed by atoms with E-state index in [4.69, 9.17) is 5.73 Å². The number of benzene rings is 2. The number of rotatable bonds is 5. The van der Waals surface area contributed by atoms with E-state index in [1.54, 1.807) is 0 Å². The predicted molar refractivity (Wildman–Crippen MR) is 106 cm³/mol. The number of nitrogens with one attached hydrogen (secondary N) is 1. The first kappa shape index (κ1) is 17.2. The first-order chi connectivity index (χ1) is 13.2. The van der Waals surface area contributed by atoms with Crippen LogP contribution in [0.25, 0.3) is 21.9 Å². The SMILES string of the molecule is Cn1ncc(-c2ccc3c(=O)[nH]nc(CN)c3c2)c1CCc1ccccc1. The second-order valence-electron chi connectivity index (χ2n) is 6.58. The zero-order valence-electron chi connectivity index (χ0n) is 15.1. The Hall–Kier alpha value is -3.25.